The van der Waals surface area contributed by atoms with E-state index in [2.05, 4.69) is 12.2 Å². The Morgan fingerprint density at radius 3 is 2.52 bits per heavy atom. The Hall–Kier alpha value is -3.11. The number of carbonyl (C=O) groups excluding carboxylic acids is 2. The molecule has 1 aliphatic heterocycles. The van der Waals surface area contributed by atoms with E-state index >= 15 is 0 Å². The van der Waals surface area contributed by atoms with E-state index in [1.54, 1.807) is 24.3 Å². The van der Waals surface area contributed by atoms with Gasteiger partial charge in [0.1, 0.15) is 0 Å². The van der Waals surface area contributed by atoms with E-state index < -0.39 is 0 Å². The van der Waals surface area contributed by atoms with Crippen molar-refractivity contribution in [3.05, 3.63) is 100 Å². The van der Waals surface area contributed by atoms with Crippen LogP contribution in [0.2, 0.25) is 5.02 Å². The minimum atomic E-state index is -0.221. The summed E-state index contributed by atoms with van der Waals surface area (Å²) in [7, 11) is 0. The molecule has 2 amide bonds. The van der Waals surface area contributed by atoms with Crippen LogP contribution >= 0.6 is 11.6 Å². The van der Waals surface area contributed by atoms with Crippen molar-refractivity contribution >= 4 is 29.1 Å². The van der Waals surface area contributed by atoms with Crippen LogP contribution in [0.15, 0.2) is 72.8 Å². The first-order valence-electron chi connectivity index (χ1n) is 9.57. The van der Waals surface area contributed by atoms with Gasteiger partial charge in [-0.05, 0) is 54.8 Å². The number of amides is 2. The van der Waals surface area contributed by atoms with Crippen molar-refractivity contribution in [2.24, 2.45) is 0 Å². The average molecular weight is 405 g/mol. The fourth-order valence-electron chi connectivity index (χ4n) is 3.72. The topological polar surface area (TPSA) is 49.4 Å². The van der Waals surface area contributed by atoms with Gasteiger partial charge in [-0.15, -0.1) is 0 Å². The highest BCUT2D eigenvalue weighted by atomic mass is 35.5. The van der Waals surface area contributed by atoms with Crippen molar-refractivity contribution in [2.75, 3.05) is 4.90 Å². The van der Waals surface area contributed by atoms with Crippen LogP contribution in [0.5, 0.6) is 0 Å². The van der Waals surface area contributed by atoms with Gasteiger partial charge < -0.3 is 10.2 Å². The summed E-state index contributed by atoms with van der Waals surface area (Å²) in [6, 6.07) is 22.4. The van der Waals surface area contributed by atoms with Crippen LogP contribution in [0.4, 0.5) is 5.69 Å². The predicted octanol–water partition coefficient (Wildman–Crippen LogP) is 4.86. The van der Waals surface area contributed by atoms with E-state index in [4.69, 9.17) is 11.6 Å². The maximum atomic E-state index is 13.1. The summed E-state index contributed by atoms with van der Waals surface area (Å²) in [6.45, 7) is 2.42. The van der Waals surface area contributed by atoms with Crippen LogP contribution < -0.4 is 10.2 Å². The second-order valence-corrected chi connectivity index (χ2v) is 7.63. The lowest BCUT2D eigenvalue weighted by Gasteiger charge is -2.23. The normalized spacial score (nSPS) is 15.1. The predicted molar refractivity (Wildman–Crippen MR) is 115 cm³/mol. The number of benzene rings is 3. The molecule has 1 aliphatic rings. The highest BCUT2D eigenvalue weighted by Crippen LogP contribution is 2.34. The number of rotatable bonds is 4. The molecule has 146 valence electrons. The van der Waals surface area contributed by atoms with Gasteiger partial charge in [-0.2, -0.15) is 0 Å². The molecule has 3 aromatic carbocycles. The van der Waals surface area contributed by atoms with Gasteiger partial charge >= 0.3 is 0 Å². The van der Waals surface area contributed by atoms with E-state index in [1.165, 1.54) is 0 Å². The number of anilines is 1. The zero-order chi connectivity index (χ0) is 20.4. The molecule has 4 rings (SSSR count). The molecule has 5 heteroatoms. The monoisotopic (exact) mass is 404 g/mol. The van der Waals surface area contributed by atoms with Gasteiger partial charge in [0.05, 0.1) is 10.6 Å². The molecule has 0 aromatic heterocycles. The second-order valence-electron chi connectivity index (χ2n) is 7.22. The van der Waals surface area contributed by atoms with Gasteiger partial charge in [-0.25, -0.2) is 0 Å². The summed E-state index contributed by atoms with van der Waals surface area (Å²) in [5.74, 6) is -0.226. The summed E-state index contributed by atoms with van der Waals surface area (Å²) in [5, 5.41) is 3.33. The summed E-state index contributed by atoms with van der Waals surface area (Å²) in [4.78, 5) is 27.3. The van der Waals surface area contributed by atoms with Gasteiger partial charge in [0, 0.05) is 23.8 Å². The summed E-state index contributed by atoms with van der Waals surface area (Å²) < 4.78 is 0. The van der Waals surface area contributed by atoms with Crippen molar-refractivity contribution in [3.8, 4) is 0 Å². The molecular weight excluding hydrogens is 384 g/mol. The zero-order valence-corrected chi connectivity index (χ0v) is 16.8. The van der Waals surface area contributed by atoms with Gasteiger partial charge in [0.25, 0.3) is 11.8 Å². The molecule has 3 aromatic rings. The third-order valence-electron chi connectivity index (χ3n) is 5.18. The second kappa shape index (κ2) is 8.10. The van der Waals surface area contributed by atoms with Gasteiger partial charge in [-0.1, -0.05) is 54.1 Å². The van der Waals surface area contributed by atoms with E-state index in [1.807, 2.05) is 53.4 Å². The number of nitrogens with one attached hydrogen (secondary N) is 1. The minimum absolute atomic E-state index is 0.00546. The Labute approximate surface area is 175 Å². The Morgan fingerprint density at radius 1 is 1.03 bits per heavy atom. The van der Waals surface area contributed by atoms with Gasteiger partial charge in [0.15, 0.2) is 0 Å². The van der Waals surface area contributed by atoms with E-state index in [9.17, 15) is 9.59 Å². The number of carbonyl (C=O) groups is 2. The van der Waals surface area contributed by atoms with Crippen LogP contribution in [0, 0.1) is 0 Å². The molecule has 1 N–H and O–H groups in total. The smallest absolute Gasteiger partial charge is 0.258 e. The van der Waals surface area contributed by atoms with Crippen molar-refractivity contribution in [2.45, 2.75) is 25.9 Å². The summed E-state index contributed by atoms with van der Waals surface area (Å²) >= 11 is 6.10. The molecular formula is C24H21ClN2O2. The van der Waals surface area contributed by atoms with Crippen molar-refractivity contribution in [1.82, 2.24) is 5.32 Å². The Morgan fingerprint density at radius 2 is 1.76 bits per heavy atom. The lowest BCUT2D eigenvalue weighted by molar-refractivity contribution is 0.0948. The standard InChI is InChI=1S/C24H21ClN2O2/c1-16-13-19-12-11-17(15-26-23(28)20-9-5-6-10-21(20)25)14-22(19)27(16)24(29)18-7-3-2-4-8-18/h2-12,14,16H,13,15H2,1H3,(H,26,28). The number of fused-ring (bicyclic) bond motifs is 1. The van der Waals surface area contributed by atoms with Gasteiger partial charge in [-0.3, -0.25) is 9.59 Å². The number of hydrogen-bond donors (Lipinski definition) is 1. The molecule has 4 nitrogen and oxygen atoms in total. The molecule has 1 heterocycles. The van der Waals surface area contributed by atoms with Crippen LogP contribution in [0.1, 0.15) is 38.8 Å². The van der Waals surface area contributed by atoms with Crippen molar-refractivity contribution in [1.29, 1.82) is 0 Å². The van der Waals surface area contributed by atoms with Crippen LogP contribution in [-0.4, -0.2) is 17.9 Å². The lowest BCUT2D eigenvalue weighted by Crippen LogP contribution is -2.35. The molecule has 29 heavy (non-hydrogen) atoms. The maximum Gasteiger partial charge on any atom is 0.258 e. The SMILES string of the molecule is CC1Cc2ccc(CNC(=O)c3ccccc3Cl)cc2N1C(=O)c1ccccc1. The van der Waals surface area contributed by atoms with E-state index in [0.29, 0.717) is 22.7 Å². The van der Waals surface area contributed by atoms with Crippen molar-refractivity contribution < 1.29 is 9.59 Å². The lowest BCUT2D eigenvalue weighted by atomic mass is 10.1. The molecule has 0 saturated carbocycles. The van der Waals surface area contributed by atoms with Crippen LogP contribution in [-0.2, 0) is 13.0 Å². The fourth-order valence-corrected chi connectivity index (χ4v) is 3.94. The summed E-state index contributed by atoms with van der Waals surface area (Å²) in [5.41, 5.74) is 4.11. The largest absolute Gasteiger partial charge is 0.348 e. The minimum Gasteiger partial charge on any atom is -0.348 e. The molecule has 0 aliphatic carbocycles. The number of nitrogens with zero attached hydrogens (tertiary/aromatic N) is 1. The third-order valence-corrected chi connectivity index (χ3v) is 5.51. The van der Waals surface area contributed by atoms with Crippen LogP contribution in [0.3, 0.4) is 0 Å². The highest BCUT2D eigenvalue weighted by Gasteiger charge is 2.31. The fraction of sp³-hybridized carbons (Fsp3) is 0.167. The quantitative estimate of drug-likeness (QED) is 0.675. The molecule has 0 radical (unpaired) electrons. The van der Waals surface area contributed by atoms with E-state index in [-0.39, 0.29) is 17.9 Å². The molecule has 1 unspecified atom stereocenters. The zero-order valence-electron chi connectivity index (χ0n) is 16.1. The Kier molecular flexibility index (Phi) is 5.36. The van der Waals surface area contributed by atoms with Crippen molar-refractivity contribution in [3.63, 3.8) is 0 Å². The number of hydrogen-bond acceptors (Lipinski definition) is 2. The Balaban J connectivity index is 1.54. The summed E-state index contributed by atoms with van der Waals surface area (Å²) in [6.07, 6.45) is 0.820. The average Bonchev–Trinajstić information content (AvgIpc) is 3.07. The van der Waals surface area contributed by atoms with Crippen LogP contribution in [0.25, 0.3) is 0 Å². The highest BCUT2D eigenvalue weighted by molar-refractivity contribution is 6.33. The molecule has 0 spiro atoms. The third kappa shape index (κ3) is 3.89. The van der Waals surface area contributed by atoms with Gasteiger partial charge in [0.2, 0.25) is 0 Å². The molecule has 0 bridgehead atoms. The molecule has 0 saturated heterocycles. The first-order chi connectivity index (χ1) is 14.0. The first kappa shape index (κ1) is 19.2. The molecule has 1 atom stereocenters. The maximum absolute atomic E-state index is 13.1. The first-order valence-corrected chi connectivity index (χ1v) is 9.95. The number of halogens is 1. The molecule has 0 fully saturated rings. The van der Waals surface area contributed by atoms with E-state index in [0.717, 1.165) is 23.2 Å². The Bertz CT molecular complexity index is 1070.